The van der Waals surface area contributed by atoms with Gasteiger partial charge in [0.1, 0.15) is 10.7 Å². The molecule has 1 aliphatic rings. The van der Waals surface area contributed by atoms with Crippen molar-refractivity contribution in [1.82, 2.24) is 4.72 Å². The van der Waals surface area contributed by atoms with Gasteiger partial charge >= 0.3 is 0 Å². The summed E-state index contributed by atoms with van der Waals surface area (Å²) < 4.78 is 41.1. The lowest BCUT2D eigenvalue weighted by Crippen LogP contribution is -2.54. The lowest BCUT2D eigenvalue weighted by molar-refractivity contribution is 0.255. The summed E-state index contributed by atoms with van der Waals surface area (Å²) in [6, 6.07) is 3.93. The quantitative estimate of drug-likeness (QED) is 0.789. The minimum absolute atomic E-state index is 0.307. The van der Waals surface area contributed by atoms with Crippen LogP contribution in [0.15, 0.2) is 27.6 Å². The Morgan fingerprint density at radius 1 is 1.39 bits per heavy atom. The molecule has 100 valence electrons. The van der Waals surface area contributed by atoms with Gasteiger partial charge in [-0.3, -0.25) is 0 Å². The van der Waals surface area contributed by atoms with E-state index in [1.54, 1.807) is 0 Å². The van der Waals surface area contributed by atoms with Gasteiger partial charge in [-0.15, -0.1) is 0 Å². The van der Waals surface area contributed by atoms with Gasteiger partial charge in [0.25, 0.3) is 0 Å². The molecule has 0 aromatic heterocycles. The maximum absolute atomic E-state index is 13.7. The van der Waals surface area contributed by atoms with E-state index < -0.39 is 21.4 Å². The highest BCUT2D eigenvalue weighted by Gasteiger charge is 2.40. The number of sulfonamides is 1. The fourth-order valence-electron chi connectivity index (χ4n) is 1.90. The molecule has 1 fully saturated rings. The standard InChI is InChI=1S/C11H12Br2FNO2S/c12-7-11(4-1-5-11)15-18(16,17)10-3-2-8(13)6-9(10)14/h2-3,6,15H,1,4-5,7H2. The van der Waals surface area contributed by atoms with Gasteiger partial charge in [-0.25, -0.2) is 17.5 Å². The zero-order chi connectivity index (χ0) is 13.4. The lowest BCUT2D eigenvalue weighted by Gasteiger charge is -2.40. The summed E-state index contributed by atoms with van der Waals surface area (Å²) in [7, 11) is -3.81. The Labute approximate surface area is 122 Å². The number of benzene rings is 1. The van der Waals surface area contributed by atoms with Crippen LogP contribution in [-0.4, -0.2) is 19.3 Å². The van der Waals surface area contributed by atoms with E-state index in [9.17, 15) is 12.8 Å². The molecule has 3 nitrogen and oxygen atoms in total. The van der Waals surface area contributed by atoms with Gasteiger partial charge in [-0.2, -0.15) is 0 Å². The summed E-state index contributed by atoms with van der Waals surface area (Å²) >= 11 is 6.41. The Balaban J connectivity index is 2.31. The zero-order valence-corrected chi connectivity index (χ0v) is 13.4. The SMILES string of the molecule is O=S(=O)(NC1(CBr)CCC1)c1ccc(Br)cc1F. The third-order valence-electron chi connectivity index (χ3n) is 3.10. The maximum atomic E-state index is 13.7. The van der Waals surface area contributed by atoms with Gasteiger partial charge in [-0.1, -0.05) is 31.9 Å². The van der Waals surface area contributed by atoms with Crippen molar-refractivity contribution in [1.29, 1.82) is 0 Å². The molecule has 0 spiro atoms. The maximum Gasteiger partial charge on any atom is 0.244 e. The summed E-state index contributed by atoms with van der Waals surface area (Å²) in [5.74, 6) is -0.749. The van der Waals surface area contributed by atoms with E-state index in [-0.39, 0.29) is 4.90 Å². The van der Waals surface area contributed by atoms with Crippen molar-refractivity contribution in [2.24, 2.45) is 0 Å². The van der Waals surface area contributed by atoms with Crippen molar-refractivity contribution in [3.63, 3.8) is 0 Å². The molecule has 1 aromatic carbocycles. The van der Waals surface area contributed by atoms with E-state index >= 15 is 0 Å². The minimum atomic E-state index is -3.81. The normalized spacial score (nSPS) is 18.4. The van der Waals surface area contributed by atoms with Gasteiger partial charge in [0.05, 0.1) is 0 Å². The molecule has 1 N–H and O–H groups in total. The Morgan fingerprint density at radius 2 is 2.06 bits per heavy atom. The number of rotatable bonds is 4. The number of nitrogens with one attached hydrogen (secondary N) is 1. The molecule has 0 bridgehead atoms. The van der Waals surface area contributed by atoms with Crippen LogP contribution in [0.25, 0.3) is 0 Å². The van der Waals surface area contributed by atoms with Crippen molar-refractivity contribution in [2.45, 2.75) is 29.7 Å². The molecule has 2 rings (SSSR count). The summed E-state index contributed by atoms with van der Waals surface area (Å²) in [5, 5.41) is 0.539. The van der Waals surface area contributed by atoms with E-state index in [4.69, 9.17) is 0 Å². The Morgan fingerprint density at radius 3 is 2.50 bits per heavy atom. The number of hydrogen-bond acceptors (Lipinski definition) is 2. The van der Waals surface area contributed by atoms with Crippen LogP contribution in [0.1, 0.15) is 19.3 Å². The molecule has 0 unspecified atom stereocenters. The predicted molar refractivity (Wildman–Crippen MR) is 74.8 cm³/mol. The second-order valence-electron chi connectivity index (χ2n) is 4.45. The average molecular weight is 401 g/mol. The van der Waals surface area contributed by atoms with Crippen LogP contribution in [0.4, 0.5) is 4.39 Å². The first-order valence-corrected chi connectivity index (χ1v) is 8.83. The second-order valence-corrected chi connectivity index (χ2v) is 7.57. The van der Waals surface area contributed by atoms with Crippen LogP contribution in [0.2, 0.25) is 0 Å². The van der Waals surface area contributed by atoms with E-state index in [0.29, 0.717) is 9.80 Å². The molecule has 1 aromatic rings. The molecule has 1 aliphatic carbocycles. The molecule has 0 aliphatic heterocycles. The van der Waals surface area contributed by atoms with Crippen LogP contribution < -0.4 is 4.72 Å². The number of hydrogen-bond donors (Lipinski definition) is 1. The predicted octanol–water partition coefficient (Wildman–Crippen LogP) is 3.18. The van der Waals surface area contributed by atoms with Crippen LogP contribution in [0.3, 0.4) is 0 Å². The van der Waals surface area contributed by atoms with E-state index in [1.165, 1.54) is 12.1 Å². The largest absolute Gasteiger partial charge is 0.244 e. The third-order valence-corrected chi connectivity index (χ3v) is 6.28. The summed E-state index contributed by atoms with van der Waals surface area (Å²) in [5.41, 5.74) is -0.460. The first kappa shape index (κ1) is 14.4. The smallest absolute Gasteiger partial charge is 0.207 e. The summed E-state index contributed by atoms with van der Waals surface area (Å²) in [6.45, 7) is 0. The molecule has 1 saturated carbocycles. The van der Waals surface area contributed by atoms with Gasteiger partial charge in [0.15, 0.2) is 0 Å². The van der Waals surface area contributed by atoms with Crippen molar-refractivity contribution in [3.05, 3.63) is 28.5 Å². The lowest BCUT2D eigenvalue weighted by atomic mass is 9.80. The monoisotopic (exact) mass is 399 g/mol. The Kier molecular flexibility index (Phi) is 4.16. The van der Waals surface area contributed by atoms with Crippen molar-refractivity contribution >= 4 is 41.9 Å². The molecular formula is C11H12Br2FNO2S. The number of halogens is 3. The first-order chi connectivity index (χ1) is 8.38. The molecule has 0 amide bonds. The number of alkyl halides is 1. The fraction of sp³-hybridized carbons (Fsp3) is 0.455. The Hall–Kier alpha value is 0.0200. The second kappa shape index (κ2) is 5.19. The highest BCUT2D eigenvalue weighted by atomic mass is 79.9. The molecule has 0 heterocycles. The van der Waals surface area contributed by atoms with Crippen LogP contribution in [0, 0.1) is 5.82 Å². The average Bonchev–Trinajstić information content (AvgIpc) is 2.23. The van der Waals surface area contributed by atoms with Gasteiger partial charge in [0, 0.05) is 15.3 Å². The fourth-order valence-corrected chi connectivity index (χ4v) is 4.64. The van der Waals surface area contributed by atoms with Crippen LogP contribution >= 0.6 is 31.9 Å². The molecular weight excluding hydrogens is 389 g/mol. The molecule has 0 radical (unpaired) electrons. The van der Waals surface area contributed by atoms with Gasteiger partial charge < -0.3 is 0 Å². The topological polar surface area (TPSA) is 46.2 Å². The molecule has 0 atom stereocenters. The van der Waals surface area contributed by atoms with Gasteiger partial charge in [-0.05, 0) is 37.5 Å². The summed E-state index contributed by atoms with van der Waals surface area (Å²) in [6.07, 6.45) is 2.53. The van der Waals surface area contributed by atoms with Crippen molar-refractivity contribution in [3.8, 4) is 0 Å². The summed E-state index contributed by atoms with van der Waals surface area (Å²) in [4.78, 5) is -0.307. The highest BCUT2D eigenvalue weighted by Crippen LogP contribution is 2.35. The van der Waals surface area contributed by atoms with Crippen LogP contribution in [0.5, 0.6) is 0 Å². The van der Waals surface area contributed by atoms with Crippen LogP contribution in [-0.2, 0) is 10.0 Å². The molecule has 7 heteroatoms. The van der Waals surface area contributed by atoms with E-state index in [0.717, 1.165) is 25.3 Å². The van der Waals surface area contributed by atoms with Crippen molar-refractivity contribution in [2.75, 3.05) is 5.33 Å². The molecule has 18 heavy (non-hydrogen) atoms. The van der Waals surface area contributed by atoms with Gasteiger partial charge in [0.2, 0.25) is 10.0 Å². The highest BCUT2D eigenvalue weighted by molar-refractivity contribution is 9.10. The minimum Gasteiger partial charge on any atom is -0.207 e. The van der Waals surface area contributed by atoms with E-state index in [1.807, 2.05) is 0 Å². The van der Waals surface area contributed by atoms with Crippen molar-refractivity contribution < 1.29 is 12.8 Å². The van der Waals surface area contributed by atoms with E-state index in [2.05, 4.69) is 36.6 Å². The third kappa shape index (κ3) is 2.79. The zero-order valence-electron chi connectivity index (χ0n) is 9.42. The first-order valence-electron chi connectivity index (χ1n) is 5.44. The molecule has 0 saturated heterocycles. The Bertz CT molecular complexity index is 553.